The Morgan fingerprint density at radius 3 is 3.19 bits per heavy atom. The van der Waals surface area contributed by atoms with Crippen molar-refractivity contribution in [3.63, 3.8) is 0 Å². The maximum absolute atomic E-state index is 6.06. The van der Waals surface area contributed by atoms with E-state index in [2.05, 4.69) is 31.0 Å². The highest BCUT2D eigenvalue weighted by molar-refractivity contribution is 7.99. The Hall–Kier alpha value is -0.440. The number of rotatable bonds is 3. The lowest BCUT2D eigenvalue weighted by molar-refractivity contribution is 0.483. The van der Waals surface area contributed by atoms with Crippen LogP contribution in [0.1, 0.15) is 24.9 Å². The Balaban J connectivity index is 2.24. The van der Waals surface area contributed by atoms with Crippen LogP contribution in [0.4, 0.5) is 0 Å². The van der Waals surface area contributed by atoms with Crippen LogP contribution in [0.25, 0.3) is 0 Å². The van der Waals surface area contributed by atoms with E-state index in [1.54, 1.807) is 0 Å². The predicted molar refractivity (Wildman–Crippen MR) is 72.3 cm³/mol. The second kappa shape index (κ2) is 5.26. The lowest BCUT2D eigenvalue weighted by Crippen LogP contribution is -2.31. The van der Waals surface area contributed by atoms with Crippen molar-refractivity contribution in [1.82, 2.24) is 5.32 Å². The lowest BCUT2D eigenvalue weighted by Gasteiger charge is -2.28. The van der Waals surface area contributed by atoms with Crippen LogP contribution in [0.5, 0.6) is 0 Å². The van der Waals surface area contributed by atoms with Gasteiger partial charge in [-0.05, 0) is 42.9 Å². The summed E-state index contributed by atoms with van der Waals surface area (Å²) >= 11 is 7.97. The number of fused-ring (bicyclic) bond motifs is 1. The number of halogens is 1. The molecule has 0 aromatic heterocycles. The van der Waals surface area contributed by atoms with Crippen LogP contribution in [0.3, 0.4) is 0 Å². The first-order valence-corrected chi connectivity index (χ1v) is 6.88. The van der Waals surface area contributed by atoms with Gasteiger partial charge in [-0.25, -0.2) is 0 Å². The molecule has 0 radical (unpaired) electrons. The van der Waals surface area contributed by atoms with Gasteiger partial charge in [0, 0.05) is 22.0 Å². The Labute approximate surface area is 106 Å². The molecular weight excluding hydrogens is 238 g/mol. The molecule has 0 saturated heterocycles. The van der Waals surface area contributed by atoms with Crippen molar-refractivity contribution in [2.24, 2.45) is 0 Å². The van der Waals surface area contributed by atoms with Crippen LogP contribution in [0.15, 0.2) is 35.7 Å². The van der Waals surface area contributed by atoms with E-state index in [9.17, 15) is 0 Å². The summed E-state index contributed by atoms with van der Waals surface area (Å²) in [6, 6.07) is 6.90. The minimum atomic E-state index is 0.333. The molecule has 0 saturated carbocycles. The van der Waals surface area contributed by atoms with Crippen molar-refractivity contribution in [1.29, 1.82) is 0 Å². The molecule has 2 atom stereocenters. The average molecular weight is 254 g/mol. The topological polar surface area (TPSA) is 12.0 Å². The number of nitrogens with one attached hydrogen (secondary N) is 1. The first kappa shape index (κ1) is 12.0. The molecule has 0 spiro atoms. The van der Waals surface area contributed by atoms with Gasteiger partial charge in [0.1, 0.15) is 0 Å². The zero-order chi connectivity index (χ0) is 11.5. The molecule has 1 aromatic carbocycles. The fourth-order valence-electron chi connectivity index (χ4n) is 1.92. The van der Waals surface area contributed by atoms with Gasteiger partial charge in [-0.1, -0.05) is 17.7 Å². The van der Waals surface area contributed by atoms with E-state index in [4.69, 9.17) is 11.6 Å². The van der Waals surface area contributed by atoms with E-state index in [1.165, 1.54) is 10.5 Å². The van der Waals surface area contributed by atoms with E-state index in [0.717, 1.165) is 17.2 Å². The van der Waals surface area contributed by atoms with Gasteiger partial charge in [-0.15, -0.1) is 18.3 Å². The van der Waals surface area contributed by atoms with Crippen LogP contribution >= 0.6 is 23.4 Å². The molecule has 1 aliphatic rings. The Kier molecular flexibility index (Phi) is 3.95. The molecule has 0 bridgehead atoms. The van der Waals surface area contributed by atoms with Gasteiger partial charge in [-0.2, -0.15) is 0 Å². The van der Waals surface area contributed by atoms with Crippen LogP contribution < -0.4 is 5.32 Å². The average Bonchev–Trinajstić information content (AvgIpc) is 2.29. The molecule has 16 heavy (non-hydrogen) atoms. The minimum Gasteiger partial charge on any atom is -0.304 e. The second-order valence-corrected chi connectivity index (χ2v) is 5.64. The normalized spacial score (nSPS) is 21.2. The highest BCUT2D eigenvalue weighted by atomic mass is 35.5. The molecular formula is C13H16ClNS. The smallest absolute Gasteiger partial charge is 0.0410 e. The molecule has 3 heteroatoms. The monoisotopic (exact) mass is 253 g/mol. The van der Waals surface area contributed by atoms with Crippen molar-refractivity contribution in [3.8, 4) is 0 Å². The quantitative estimate of drug-likeness (QED) is 0.816. The van der Waals surface area contributed by atoms with Crippen LogP contribution in [-0.4, -0.2) is 11.8 Å². The number of hydrogen-bond donors (Lipinski definition) is 1. The Morgan fingerprint density at radius 1 is 1.62 bits per heavy atom. The summed E-state index contributed by atoms with van der Waals surface area (Å²) < 4.78 is 0. The molecule has 0 aliphatic carbocycles. The van der Waals surface area contributed by atoms with Crippen molar-refractivity contribution < 1.29 is 0 Å². The van der Waals surface area contributed by atoms with Crippen LogP contribution in [-0.2, 0) is 0 Å². The standard InChI is InChI=1S/C13H16ClNS/c1-3-9(2)15-12-6-7-16-13-5-4-10(14)8-11(12)13/h3-5,8-9,12,15H,1,6-7H2,2H3. The van der Waals surface area contributed by atoms with E-state index in [-0.39, 0.29) is 0 Å². The van der Waals surface area contributed by atoms with Crippen molar-refractivity contribution in [2.45, 2.75) is 30.3 Å². The van der Waals surface area contributed by atoms with Gasteiger partial charge in [0.05, 0.1) is 0 Å². The third kappa shape index (κ3) is 2.62. The van der Waals surface area contributed by atoms with Crippen molar-refractivity contribution >= 4 is 23.4 Å². The summed E-state index contributed by atoms with van der Waals surface area (Å²) in [6.45, 7) is 5.93. The molecule has 1 aliphatic heterocycles. The summed E-state index contributed by atoms with van der Waals surface area (Å²) in [5.74, 6) is 1.16. The highest BCUT2D eigenvalue weighted by Gasteiger charge is 2.21. The summed E-state index contributed by atoms with van der Waals surface area (Å²) in [5, 5.41) is 4.38. The largest absolute Gasteiger partial charge is 0.304 e. The molecule has 1 heterocycles. The molecule has 0 fully saturated rings. The van der Waals surface area contributed by atoms with Gasteiger partial charge in [0.15, 0.2) is 0 Å². The predicted octanol–water partition coefficient (Wildman–Crippen LogP) is 4.04. The SMILES string of the molecule is C=CC(C)NC1CCSc2ccc(Cl)cc21. The molecule has 2 unspecified atom stereocenters. The van der Waals surface area contributed by atoms with Gasteiger partial charge in [0.25, 0.3) is 0 Å². The molecule has 1 aromatic rings. The molecule has 1 N–H and O–H groups in total. The maximum Gasteiger partial charge on any atom is 0.0410 e. The van der Waals surface area contributed by atoms with E-state index in [1.807, 2.05) is 23.9 Å². The van der Waals surface area contributed by atoms with Crippen LogP contribution in [0, 0.1) is 0 Å². The summed E-state index contributed by atoms with van der Waals surface area (Å²) in [4.78, 5) is 1.35. The maximum atomic E-state index is 6.06. The third-order valence-corrected chi connectivity index (χ3v) is 4.19. The number of hydrogen-bond acceptors (Lipinski definition) is 2. The molecule has 0 amide bonds. The first-order chi connectivity index (χ1) is 7.70. The van der Waals surface area contributed by atoms with Crippen molar-refractivity contribution in [3.05, 3.63) is 41.4 Å². The Morgan fingerprint density at radius 2 is 2.44 bits per heavy atom. The second-order valence-electron chi connectivity index (χ2n) is 4.06. The van der Waals surface area contributed by atoms with E-state index < -0.39 is 0 Å². The van der Waals surface area contributed by atoms with Gasteiger partial charge < -0.3 is 5.32 Å². The molecule has 2 rings (SSSR count). The first-order valence-electron chi connectivity index (χ1n) is 5.51. The number of benzene rings is 1. The van der Waals surface area contributed by atoms with Gasteiger partial charge in [-0.3, -0.25) is 0 Å². The van der Waals surface area contributed by atoms with Crippen LogP contribution in [0.2, 0.25) is 5.02 Å². The fourth-order valence-corrected chi connectivity index (χ4v) is 3.21. The fraction of sp³-hybridized carbons (Fsp3) is 0.385. The summed E-state index contributed by atoms with van der Waals surface area (Å²) in [5.41, 5.74) is 1.33. The summed E-state index contributed by atoms with van der Waals surface area (Å²) in [7, 11) is 0. The lowest BCUT2D eigenvalue weighted by atomic mass is 10.0. The van der Waals surface area contributed by atoms with Crippen molar-refractivity contribution in [2.75, 3.05) is 5.75 Å². The summed E-state index contributed by atoms with van der Waals surface area (Å²) in [6.07, 6.45) is 3.09. The van der Waals surface area contributed by atoms with Gasteiger partial charge >= 0.3 is 0 Å². The van der Waals surface area contributed by atoms with Gasteiger partial charge in [0.2, 0.25) is 0 Å². The zero-order valence-corrected chi connectivity index (χ0v) is 10.9. The Bertz CT molecular complexity index is 392. The zero-order valence-electron chi connectivity index (χ0n) is 9.37. The van der Waals surface area contributed by atoms with E-state index in [0.29, 0.717) is 12.1 Å². The molecule has 1 nitrogen and oxygen atoms in total. The minimum absolute atomic E-state index is 0.333. The van der Waals surface area contributed by atoms with E-state index >= 15 is 0 Å². The third-order valence-electron chi connectivity index (χ3n) is 2.83. The molecule has 86 valence electrons. The number of thioether (sulfide) groups is 1. The highest BCUT2D eigenvalue weighted by Crippen LogP contribution is 2.37.